The van der Waals surface area contributed by atoms with Gasteiger partial charge in [-0.05, 0) is 244 Å². The van der Waals surface area contributed by atoms with Crippen molar-refractivity contribution in [3.05, 3.63) is 513 Å². The molecule has 0 radical (unpaired) electrons. The summed E-state index contributed by atoms with van der Waals surface area (Å²) in [5, 5.41) is 13.0. The van der Waals surface area contributed by atoms with Gasteiger partial charge in [-0.1, -0.05) is 383 Å². The number of rotatable bonds is 14. The van der Waals surface area contributed by atoms with Gasteiger partial charge in [0.25, 0.3) is 0 Å². The van der Waals surface area contributed by atoms with Crippen LogP contribution in [0.1, 0.15) is 47.2 Å². The Bertz CT molecular complexity index is 8830. The summed E-state index contributed by atoms with van der Waals surface area (Å²) in [4.78, 5) is 14.9. The maximum absolute atomic E-state index is 7.01. The van der Waals surface area contributed by atoms with Gasteiger partial charge in [0.05, 0.1) is 42.4 Å². The van der Waals surface area contributed by atoms with Gasteiger partial charge in [0.1, 0.15) is 22.7 Å². The van der Waals surface area contributed by atoms with E-state index in [4.69, 9.17) is 9.15 Å². The van der Waals surface area contributed by atoms with Gasteiger partial charge in [0, 0.05) is 91.1 Å². The van der Waals surface area contributed by atoms with Gasteiger partial charge in [-0.3, -0.25) is 0 Å². The van der Waals surface area contributed by atoms with Crippen LogP contribution in [0.3, 0.4) is 0 Å². The molecule has 0 spiro atoms. The van der Waals surface area contributed by atoms with Crippen molar-refractivity contribution in [3.63, 3.8) is 0 Å². The highest BCUT2D eigenvalue weighted by Gasteiger charge is 2.52. The first-order valence-corrected chi connectivity index (χ1v) is 52.4. The molecule has 5 heterocycles. The number of furan rings is 1. The zero-order chi connectivity index (χ0) is 91.3. The first kappa shape index (κ1) is 81.9. The Kier molecular flexibility index (Phi) is 19.5. The Balaban J connectivity index is 0.000000140. The van der Waals surface area contributed by atoms with E-state index in [9.17, 15) is 0 Å². The Morgan fingerprint density at radius 2 is 0.783 bits per heavy atom. The molecule has 2 aromatic heterocycles. The Hall–Kier alpha value is -15.6. The smallest absolute Gasteiger partial charge is 0.180 e. The van der Waals surface area contributed by atoms with Gasteiger partial charge in [0.2, 0.25) is 0 Å². The van der Waals surface area contributed by atoms with Crippen LogP contribution in [0.25, 0.3) is 97.4 Å². The van der Waals surface area contributed by atoms with Crippen molar-refractivity contribution < 1.29 is 9.15 Å². The maximum Gasteiger partial charge on any atom is 0.180 e. The monoisotopic (exact) mass is 1850 g/mol. The normalized spacial score (nSPS) is 15.1. The lowest BCUT2D eigenvalue weighted by Gasteiger charge is -2.35. The van der Waals surface area contributed by atoms with Crippen LogP contribution in [0.15, 0.2) is 513 Å². The number of para-hydroxylation sites is 5. The minimum atomic E-state index is -2.93. The van der Waals surface area contributed by atoms with Crippen LogP contribution in [0, 0.1) is 0 Å². The molecule has 0 saturated heterocycles. The van der Waals surface area contributed by atoms with Crippen molar-refractivity contribution in [3.8, 4) is 56.0 Å². The molecule has 21 aromatic carbocycles. The number of anilines is 9. The first-order valence-electron chi connectivity index (χ1n) is 47.1. The molecular weight excluding hydrogens is 1770 g/mol. The second-order valence-corrected chi connectivity index (χ2v) is 44.7. The van der Waals surface area contributed by atoms with Crippen molar-refractivity contribution in [2.45, 2.75) is 54.1 Å². The van der Waals surface area contributed by atoms with Crippen molar-refractivity contribution in [1.82, 2.24) is 0 Å². The average Bonchev–Trinajstić information content (AvgIpc) is 1.55. The highest BCUT2D eigenvalue weighted by molar-refractivity contribution is 8.05. The second-order valence-electron chi connectivity index (χ2n) is 36.7. The van der Waals surface area contributed by atoms with Crippen LogP contribution in [-0.2, 0) is 10.8 Å². The van der Waals surface area contributed by atoms with Crippen LogP contribution < -0.4 is 40.2 Å². The third-order valence-electron chi connectivity index (χ3n) is 29.0. The third-order valence-corrected chi connectivity index (χ3v) is 38.8. The molecule has 5 nitrogen and oxygen atoms in total. The summed E-state index contributed by atoms with van der Waals surface area (Å²) in [5.41, 5.74) is 28.6. The number of thiophene rings is 1. The van der Waals surface area contributed by atoms with Gasteiger partial charge >= 0.3 is 0 Å². The minimum absolute atomic E-state index is 0.102. The molecule has 28 rings (SSSR count). The van der Waals surface area contributed by atoms with Crippen LogP contribution in [0.2, 0.25) is 0 Å². The van der Waals surface area contributed by atoms with Gasteiger partial charge in [-0.2, -0.15) is 0 Å². The largest absolute Gasteiger partial charge is 0.456 e. The zero-order valence-electron chi connectivity index (χ0n) is 75.4. The molecule has 23 aromatic rings. The Morgan fingerprint density at radius 1 is 0.283 bits per heavy atom. The number of hydrogen-bond donors (Lipinski definition) is 0. The molecule has 0 bridgehead atoms. The highest BCUT2D eigenvalue weighted by Crippen LogP contribution is 2.64. The molecule has 2 unspecified atom stereocenters. The molecule has 138 heavy (non-hydrogen) atoms. The Morgan fingerprint density at radius 3 is 1.51 bits per heavy atom. The van der Waals surface area contributed by atoms with E-state index < -0.39 is 13.5 Å². The first-order chi connectivity index (χ1) is 68.2. The lowest BCUT2D eigenvalue weighted by Crippen LogP contribution is -2.72. The number of nitrogens with zero attached hydrogens (tertiary/aromatic N) is 3. The van der Waals surface area contributed by atoms with Crippen molar-refractivity contribution in [1.29, 1.82) is 0 Å². The fourth-order valence-electron chi connectivity index (χ4n) is 23.0. The van der Waals surface area contributed by atoms with E-state index in [-0.39, 0.29) is 5.41 Å². The molecule has 0 fully saturated rings. The zero-order valence-corrected chi connectivity index (χ0v) is 79.7. The number of hydrogen-bond acceptors (Lipinski definition) is 9. The van der Waals surface area contributed by atoms with E-state index in [1.54, 1.807) is 11.8 Å². The predicted molar refractivity (Wildman–Crippen MR) is 583 cm³/mol. The summed E-state index contributed by atoms with van der Waals surface area (Å²) in [6, 6.07) is 177. The van der Waals surface area contributed by atoms with Crippen molar-refractivity contribution in [2.75, 3.05) is 14.7 Å². The molecular formula is C128H85N3O2S4Si. The predicted octanol–water partition coefficient (Wildman–Crippen LogP) is 33.8. The van der Waals surface area contributed by atoms with E-state index in [2.05, 4.69) is 502 Å². The van der Waals surface area contributed by atoms with E-state index >= 15 is 0 Å². The topological polar surface area (TPSA) is 32.1 Å². The second kappa shape index (κ2) is 32.8. The van der Waals surface area contributed by atoms with Gasteiger partial charge in [-0.15, -0.1) is 11.3 Å². The van der Waals surface area contributed by atoms with Gasteiger partial charge in [-0.25, -0.2) is 0 Å². The Labute approximate surface area is 819 Å². The third kappa shape index (κ3) is 12.8. The summed E-state index contributed by atoms with van der Waals surface area (Å²) >= 11 is 7.49. The van der Waals surface area contributed by atoms with Crippen molar-refractivity contribution in [2.24, 2.45) is 0 Å². The molecule has 652 valence electrons. The molecule has 0 amide bonds. The summed E-state index contributed by atoms with van der Waals surface area (Å²) in [6.45, 7) is 4.74. The van der Waals surface area contributed by atoms with Crippen LogP contribution >= 0.6 is 46.6 Å². The van der Waals surface area contributed by atoms with E-state index in [0.29, 0.717) is 0 Å². The number of benzene rings is 21. The lowest BCUT2D eigenvalue weighted by molar-refractivity contribution is 0.456. The standard InChI is InChI=1S/C67H42N2O2S2.C61H43NS2Si/c1-3-17-45(18-4-1)68(55-26-16-30-59-64(55)52-23-8-11-28-57(52)70-59)47-37-33-43(34-38-47)67(53-25-10-7-22-51(53)63-54(67)41-42-62-65(63)71-58-29-12-14-32-61(58)72-62)44-35-39-48(40-36-44)69(46-19-5-2-6-20-46)56-27-15-24-50-49-21-9-13-31-60(49)73-66(50)56;1-61(2)50-25-11-9-22-48(50)58-51(61)26-16-27-52(58)62(42-20-7-4-8-21-42)43-31-33-44(34-32-43)65(45-35-36-47-41(39-45)19-15-24-46(47)40-17-5-3-6-18-40)56-30-14-10-23-49(56)59-57(65)38-37-55-60(59)64-54-29-13-12-28-53(54)63-55/h1-42H;3-39H,1-2H3. The SMILES string of the molecule is CC1(C)c2ccccc2-c2c(N(c3ccccc3)c3ccc([Si]4(c5ccc6c(-c7ccccc7)cccc6c5)c5ccccc5-c5c4ccc4c5Sc5ccccc5S4)cc3)cccc21.c1ccc(N(c2ccc(C3(c4ccc(N(c5ccccc5)c5cccc6oc7ccccc7c56)cc4)c4ccccc4-c4c3ccc3c4Oc4ccccc4S3)cc2)c2cccc3c2sc2ccccc23)cc1. The van der Waals surface area contributed by atoms with Crippen LogP contribution in [0.5, 0.6) is 11.5 Å². The van der Waals surface area contributed by atoms with Gasteiger partial charge in [0.15, 0.2) is 8.07 Å². The molecule has 5 aliphatic rings. The molecule has 0 N–H and O–H groups in total. The average molecular weight is 1850 g/mol. The highest BCUT2D eigenvalue weighted by atomic mass is 32.2. The van der Waals surface area contributed by atoms with Crippen LogP contribution in [0.4, 0.5) is 51.2 Å². The summed E-state index contributed by atoms with van der Waals surface area (Å²) in [6.07, 6.45) is 0. The fraction of sp³-hybridized carbons (Fsp3) is 0.0312. The minimum Gasteiger partial charge on any atom is -0.456 e. The van der Waals surface area contributed by atoms with E-state index in [1.807, 2.05) is 40.9 Å². The quantitative estimate of drug-likeness (QED) is 0.0996. The van der Waals surface area contributed by atoms with E-state index in [0.717, 1.165) is 99.9 Å². The lowest BCUT2D eigenvalue weighted by atomic mass is 9.67. The summed E-state index contributed by atoms with van der Waals surface area (Å²) in [5.74, 6) is 1.79. The molecule has 0 saturated carbocycles. The van der Waals surface area contributed by atoms with Crippen LogP contribution in [-0.4, -0.2) is 8.07 Å². The molecule has 2 aliphatic carbocycles. The fourth-order valence-corrected chi connectivity index (χ4v) is 32.9. The summed E-state index contributed by atoms with van der Waals surface area (Å²) < 4.78 is 16.0. The molecule has 2 atom stereocenters. The number of fused-ring (bicyclic) bond motifs is 22. The van der Waals surface area contributed by atoms with E-state index in [1.165, 1.54) is 144 Å². The molecule has 10 heteroatoms. The van der Waals surface area contributed by atoms with Crippen molar-refractivity contribution >= 4 is 180 Å². The number of ether oxygens (including phenoxy) is 1. The molecule has 3 aliphatic heterocycles. The summed E-state index contributed by atoms with van der Waals surface area (Å²) in [7, 11) is -2.93. The maximum atomic E-state index is 7.01. The van der Waals surface area contributed by atoms with Gasteiger partial charge < -0.3 is 23.9 Å².